The molecular weight excluding hydrogens is 1120 g/mol. The molecule has 0 aliphatic carbocycles. The van der Waals surface area contributed by atoms with E-state index in [-0.39, 0.29) is 56.3 Å². The fraction of sp³-hybridized carbons (Fsp3) is 0.556. The van der Waals surface area contributed by atoms with E-state index in [2.05, 4.69) is 42.5 Å². The maximum absolute atomic E-state index is 14.1. The normalized spacial score (nSPS) is 15.7. The third-order valence-electron chi connectivity index (χ3n) is 13.2. The van der Waals surface area contributed by atoms with Crippen molar-refractivity contribution in [1.82, 2.24) is 53.2 Å². The summed E-state index contributed by atoms with van der Waals surface area (Å²) in [5.41, 5.74) is 17.3. The Morgan fingerprint density at radius 2 is 1.15 bits per heavy atom. The molecule has 22 N–H and O–H groups in total. The van der Waals surface area contributed by atoms with Crippen molar-refractivity contribution in [1.29, 1.82) is 5.41 Å². The van der Waals surface area contributed by atoms with Gasteiger partial charge in [0.05, 0.1) is 31.4 Å². The second-order valence-electron chi connectivity index (χ2n) is 20.9. The molecule has 2 rings (SSSR count). The minimum absolute atomic E-state index is 0.0786. The van der Waals surface area contributed by atoms with Gasteiger partial charge < -0.3 is 101 Å². The Labute approximate surface area is 491 Å². The second kappa shape index (κ2) is 36.2. The molecule has 0 saturated heterocycles. The van der Waals surface area contributed by atoms with Gasteiger partial charge in [0.25, 0.3) is 0 Å². The molecule has 85 heavy (non-hydrogen) atoms. The van der Waals surface area contributed by atoms with Gasteiger partial charge in [-0.05, 0) is 55.1 Å². The summed E-state index contributed by atoms with van der Waals surface area (Å²) in [4.78, 5) is 147. The van der Waals surface area contributed by atoms with Crippen LogP contribution in [0.15, 0.2) is 60.7 Å². The maximum atomic E-state index is 14.1. The van der Waals surface area contributed by atoms with Crippen LogP contribution in [0.2, 0.25) is 0 Å². The number of carboxylic acid groups (broad SMARTS) is 1. The van der Waals surface area contributed by atoms with E-state index in [1.807, 2.05) is 10.6 Å². The first-order valence-corrected chi connectivity index (χ1v) is 27.4. The number of alkyl carbamates (subject to hydrolysis) is 1. The van der Waals surface area contributed by atoms with Crippen LogP contribution in [0.1, 0.15) is 91.3 Å². The lowest BCUT2D eigenvalue weighted by Gasteiger charge is -2.30. The SMILES string of the molecule is CC[C@H](C)C(NC(=O)[C@@H](CCCNC(=N)N)NC(=O)[C@H](CC(C)C)NC(=O)[C@@H](N)[C@H](O)C(C)C)C(=O)N[C@H](C(=O)NCC(=O)N[C@H](C(=O)N[C@@H](CO)C(=O)N[C@H](c1ccccc1)[C@H](NC(=O)OCc1ccccc1)C(=O)O)[C@H](O)C(N)=O)[C@H](C)O. The summed E-state index contributed by atoms with van der Waals surface area (Å²) in [6, 6.07) is 0.495. The Balaban J connectivity index is 2.30. The molecule has 0 aromatic heterocycles. The number of benzene rings is 2. The van der Waals surface area contributed by atoms with Gasteiger partial charge in [-0.2, -0.15) is 0 Å². The molecule has 10 amide bonds. The number of carboxylic acids is 1. The van der Waals surface area contributed by atoms with Crippen molar-refractivity contribution in [2.45, 2.75) is 153 Å². The van der Waals surface area contributed by atoms with E-state index in [9.17, 15) is 78.3 Å². The molecule has 31 heteroatoms. The largest absolute Gasteiger partial charge is 0.480 e. The number of ether oxygens (including phenoxy) is 1. The lowest BCUT2D eigenvalue weighted by molar-refractivity contribution is -0.141. The summed E-state index contributed by atoms with van der Waals surface area (Å²) in [7, 11) is 0. The Morgan fingerprint density at radius 1 is 0.612 bits per heavy atom. The minimum Gasteiger partial charge on any atom is -0.480 e. The Hall–Kier alpha value is -8.52. The van der Waals surface area contributed by atoms with Crippen molar-refractivity contribution in [2.75, 3.05) is 19.7 Å². The number of guanidine groups is 1. The quantitative estimate of drug-likeness (QED) is 0.0173. The molecule has 2 aromatic carbocycles. The number of hydrogen-bond acceptors (Lipinski definition) is 18. The number of aliphatic carboxylic acids is 1. The van der Waals surface area contributed by atoms with Crippen LogP contribution in [-0.2, 0) is 59.3 Å². The first-order chi connectivity index (χ1) is 39.9. The van der Waals surface area contributed by atoms with Crippen LogP contribution in [0.4, 0.5) is 4.79 Å². The van der Waals surface area contributed by atoms with Gasteiger partial charge in [-0.1, -0.05) is 109 Å². The smallest absolute Gasteiger partial charge is 0.408 e. The highest BCUT2D eigenvalue weighted by atomic mass is 16.5. The highest BCUT2D eigenvalue weighted by Crippen LogP contribution is 2.19. The average molecular weight is 1200 g/mol. The predicted molar refractivity (Wildman–Crippen MR) is 304 cm³/mol. The zero-order chi connectivity index (χ0) is 64.2. The van der Waals surface area contributed by atoms with Crippen LogP contribution in [0.3, 0.4) is 0 Å². The number of hydrogen-bond donors (Lipinski definition) is 19. The average Bonchev–Trinajstić information content (AvgIpc) is 3.50. The first kappa shape index (κ1) is 72.6. The number of rotatable bonds is 36. The third-order valence-corrected chi connectivity index (χ3v) is 13.2. The summed E-state index contributed by atoms with van der Waals surface area (Å²) in [6.45, 7) is 8.73. The van der Waals surface area contributed by atoms with Gasteiger partial charge in [0, 0.05) is 6.54 Å². The van der Waals surface area contributed by atoms with Crippen molar-refractivity contribution in [3.63, 3.8) is 0 Å². The minimum atomic E-state index is -2.53. The number of primary amides is 1. The van der Waals surface area contributed by atoms with E-state index < -0.39 is 163 Å². The molecule has 0 heterocycles. The highest BCUT2D eigenvalue weighted by Gasteiger charge is 2.40. The van der Waals surface area contributed by atoms with Gasteiger partial charge in [-0.3, -0.25) is 48.6 Å². The van der Waals surface area contributed by atoms with Gasteiger partial charge >= 0.3 is 12.1 Å². The summed E-state index contributed by atoms with van der Waals surface area (Å²) >= 11 is 0. The van der Waals surface area contributed by atoms with Crippen LogP contribution in [0.25, 0.3) is 0 Å². The molecule has 472 valence electrons. The maximum Gasteiger partial charge on any atom is 0.408 e. The lowest BCUT2D eigenvalue weighted by Crippen LogP contribution is -2.63. The monoisotopic (exact) mass is 1200 g/mol. The van der Waals surface area contributed by atoms with E-state index in [1.54, 1.807) is 77.9 Å². The van der Waals surface area contributed by atoms with Gasteiger partial charge in [-0.15, -0.1) is 0 Å². The molecule has 13 atom stereocenters. The van der Waals surface area contributed by atoms with Gasteiger partial charge in [0.15, 0.2) is 18.1 Å². The van der Waals surface area contributed by atoms with E-state index in [0.717, 1.165) is 6.92 Å². The molecule has 1 unspecified atom stereocenters. The van der Waals surface area contributed by atoms with E-state index in [4.69, 9.17) is 27.3 Å². The zero-order valence-electron chi connectivity index (χ0n) is 48.5. The van der Waals surface area contributed by atoms with Crippen molar-refractivity contribution in [3.05, 3.63) is 71.8 Å². The summed E-state index contributed by atoms with van der Waals surface area (Å²) in [6.07, 6.45) is -6.30. The fourth-order valence-corrected chi connectivity index (χ4v) is 8.08. The summed E-state index contributed by atoms with van der Waals surface area (Å²) < 4.78 is 5.17. The number of carbonyl (C=O) groups excluding carboxylic acids is 10. The molecule has 0 aliphatic rings. The van der Waals surface area contributed by atoms with Crippen molar-refractivity contribution in [2.24, 2.45) is 35.0 Å². The lowest BCUT2D eigenvalue weighted by atomic mass is 9.96. The van der Waals surface area contributed by atoms with Crippen LogP contribution in [0.5, 0.6) is 0 Å². The number of carbonyl (C=O) groups is 11. The number of nitrogens with two attached hydrogens (primary N) is 3. The van der Waals surface area contributed by atoms with Gasteiger partial charge in [0.1, 0.15) is 48.9 Å². The summed E-state index contributed by atoms with van der Waals surface area (Å²) in [5.74, 6) is -13.7. The molecular formula is C54H84N14O17. The molecule has 0 spiro atoms. The topological polar surface area (TPSA) is 520 Å². The molecule has 31 nitrogen and oxygen atoms in total. The van der Waals surface area contributed by atoms with E-state index in [0.29, 0.717) is 5.56 Å². The van der Waals surface area contributed by atoms with Gasteiger partial charge in [-0.25, -0.2) is 9.59 Å². The number of nitrogens with one attached hydrogen (secondary N) is 11. The molecule has 0 bridgehead atoms. The molecule has 2 aromatic rings. The Morgan fingerprint density at radius 3 is 1.68 bits per heavy atom. The standard InChI is InChI=1S/C54H84N14O17/c1-8-28(6)37(65-45(75)32(20-15-21-59-53(57)58)61-46(76)33(22-26(2)3)62-48(78)36(55)42(72)27(4)5)50(80)66-38(29(7)70)49(79)60-23-35(71)64-41(43(73)44(56)74)51(81)63-34(24-69)47(77)67-39(31-18-13-10-14-19-31)40(52(82)83)68-54(84)85-25-30-16-11-9-12-17-30/h9-14,16-19,26-29,32-34,36-43,69-70,72-73H,8,15,20-25,55H2,1-7H3,(H2,56,74)(H,60,79)(H,61,76)(H,62,78)(H,63,81)(H,64,71)(H,65,75)(H,66,80)(H,67,77)(H,68,84)(H,82,83)(H4,57,58,59)/t28-,29-,32+,33-,34-,36-,37?,38-,39+,40-,41-,42+,43-/m0/s1. The highest BCUT2D eigenvalue weighted by molar-refractivity contribution is 5.99. The van der Waals surface area contributed by atoms with E-state index >= 15 is 0 Å². The predicted octanol–water partition coefficient (Wildman–Crippen LogP) is -4.83. The van der Waals surface area contributed by atoms with Crippen molar-refractivity contribution < 1.29 is 83.0 Å². The van der Waals surface area contributed by atoms with Crippen molar-refractivity contribution >= 4 is 71.2 Å². The fourth-order valence-electron chi connectivity index (χ4n) is 8.08. The first-order valence-electron chi connectivity index (χ1n) is 27.4. The Bertz CT molecular complexity index is 2580. The Kier molecular flexibility index (Phi) is 31.0. The third kappa shape index (κ3) is 24.7. The zero-order valence-corrected chi connectivity index (χ0v) is 48.5. The number of amides is 10. The number of aliphatic hydroxyl groups is 4. The summed E-state index contributed by atoms with van der Waals surface area (Å²) in [5, 5.41) is 83.1. The number of aliphatic hydroxyl groups excluding tert-OH is 4. The van der Waals surface area contributed by atoms with Crippen LogP contribution >= 0.6 is 0 Å². The molecule has 0 radical (unpaired) electrons. The van der Waals surface area contributed by atoms with Crippen LogP contribution in [0, 0.1) is 23.2 Å². The molecule has 0 saturated carbocycles. The molecule has 0 aliphatic heterocycles. The van der Waals surface area contributed by atoms with Crippen LogP contribution in [-0.4, -0.2) is 183 Å². The van der Waals surface area contributed by atoms with E-state index in [1.165, 1.54) is 24.3 Å². The van der Waals surface area contributed by atoms with Crippen molar-refractivity contribution in [3.8, 4) is 0 Å². The second-order valence-corrected chi connectivity index (χ2v) is 20.9. The molecule has 0 fully saturated rings. The van der Waals surface area contributed by atoms with Gasteiger partial charge in [0.2, 0.25) is 53.2 Å². The van der Waals surface area contributed by atoms with Crippen LogP contribution < -0.4 is 70.4 Å².